The first kappa shape index (κ1) is 11.8. The van der Waals surface area contributed by atoms with Crippen LogP contribution in [0.15, 0.2) is 12.7 Å². The number of nitrogens with one attached hydrogen (secondary N) is 1. The molecule has 0 heterocycles. The van der Waals surface area contributed by atoms with Gasteiger partial charge in [0.2, 0.25) is 0 Å². The molecule has 82 valence electrons. The van der Waals surface area contributed by atoms with Gasteiger partial charge >= 0.3 is 0 Å². The van der Waals surface area contributed by atoms with Gasteiger partial charge in [0.1, 0.15) is 0 Å². The second kappa shape index (κ2) is 6.23. The SMILES string of the molecule is C=CCCC(C)N[C@@H](C)C1CCCC1. The van der Waals surface area contributed by atoms with E-state index < -0.39 is 0 Å². The topological polar surface area (TPSA) is 12.0 Å². The molecule has 1 aliphatic rings. The van der Waals surface area contributed by atoms with Gasteiger partial charge in [0.05, 0.1) is 0 Å². The lowest BCUT2D eigenvalue weighted by molar-refractivity contribution is 0.342. The third kappa shape index (κ3) is 3.83. The normalized spacial score (nSPS) is 22.1. The molecule has 1 unspecified atom stereocenters. The summed E-state index contributed by atoms with van der Waals surface area (Å²) in [5.41, 5.74) is 0. The molecule has 1 nitrogen and oxygen atoms in total. The fraction of sp³-hybridized carbons (Fsp3) is 0.846. The standard InChI is InChI=1S/C13H25N/c1-4-5-8-11(2)14-12(3)13-9-6-7-10-13/h4,11-14H,1,5-10H2,2-3H3/t11?,12-/m0/s1. The summed E-state index contributed by atoms with van der Waals surface area (Å²) in [7, 11) is 0. The van der Waals surface area contributed by atoms with Crippen LogP contribution in [0.5, 0.6) is 0 Å². The van der Waals surface area contributed by atoms with Crippen LogP contribution in [-0.4, -0.2) is 12.1 Å². The predicted molar refractivity (Wildman–Crippen MR) is 63.4 cm³/mol. The highest BCUT2D eigenvalue weighted by molar-refractivity contribution is 4.80. The summed E-state index contributed by atoms with van der Waals surface area (Å²) in [6, 6.07) is 1.35. The molecule has 1 rings (SSSR count). The van der Waals surface area contributed by atoms with Gasteiger partial charge in [-0.15, -0.1) is 6.58 Å². The summed E-state index contributed by atoms with van der Waals surface area (Å²) in [6.45, 7) is 8.40. The minimum atomic E-state index is 0.642. The minimum Gasteiger partial charge on any atom is -0.311 e. The van der Waals surface area contributed by atoms with Crippen LogP contribution in [0, 0.1) is 5.92 Å². The largest absolute Gasteiger partial charge is 0.311 e. The van der Waals surface area contributed by atoms with Crippen molar-refractivity contribution in [1.29, 1.82) is 0 Å². The van der Waals surface area contributed by atoms with Gasteiger partial charge in [0.15, 0.2) is 0 Å². The average Bonchev–Trinajstić information content (AvgIpc) is 2.67. The van der Waals surface area contributed by atoms with Crippen LogP contribution in [0.1, 0.15) is 52.4 Å². The maximum Gasteiger partial charge on any atom is 0.00694 e. The van der Waals surface area contributed by atoms with Gasteiger partial charge < -0.3 is 5.32 Å². The summed E-state index contributed by atoms with van der Waals surface area (Å²) >= 11 is 0. The minimum absolute atomic E-state index is 0.642. The molecule has 0 bridgehead atoms. The summed E-state index contributed by atoms with van der Waals surface area (Å²) < 4.78 is 0. The third-order valence-electron chi connectivity index (χ3n) is 3.46. The van der Waals surface area contributed by atoms with Crippen molar-refractivity contribution in [3.05, 3.63) is 12.7 Å². The Morgan fingerprint density at radius 1 is 1.36 bits per heavy atom. The fourth-order valence-corrected chi connectivity index (χ4v) is 2.49. The number of allylic oxidation sites excluding steroid dienone is 1. The van der Waals surface area contributed by atoms with Crippen molar-refractivity contribution in [3.8, 4) is 0 Å². The zero-order valence-electron chi connectivity index (χ0n) is 9.76. The van der Waals surface area contributed by atoms with E-state index in [4.69, 9.17) is 0 Å². The Bertz CT molecular complexity index is 159. The molecule has 0 aliphatic heterocycles. The van der Waals surface area contributed by atoms with E-state index in [0.717, 1.165) is 12.3 Å². The molecule has 0 aromatic rings. The van der Waals surface area contributed by atoms with E-state index in [1.54, 1.807) is 0 Å². The molecule has 0 aromatic carbocycles. The highest BCUT2D eigenvalue weighted by Crippen LogP contribution is 2.27. The molecular weight excluding hydrogens is 170 g/mol. The monoisotopic (exact) mass is 195 g/mol. The smallest absolute Gasteiger partial charge is 0.00694 e. The van der Waals surface area contributed by atoms with Gasteiger partial charge in [-0.3, -0.25) is 0 Å². The number of hydrogen-bond donors (Lipinski definition) is 1. The van der Waals surface area contributed by atoms with Gasteiger partial charge in [0.25, 0.3) is 0 Å². The van der Waals surface area contributed by atoms with Crippen molar-refractivity contribution in [1.82, 2.24) is 5.32 Å². The Kier molecular flexibility index (Phi) is 5.24. The van der Waals surface area contributed by atoms with E-state index >= 15 is 0 Å². The third-order valence-corrected chi connectivity index (χ3v) is 3.46. The summed E-state index contributed by atoms with van der Waals surface area (Å²) in [5.74, 6) is 0.932. The van der Waals surface area contributed by atoms with Crippen LogP contribution in [0.4, 0.5) is 0 Å². The molecule has 1 N–H and O–H groups in total. The summed E-state index contributed by atoms with van der Waals surface area (Å²) in [5, 5.41) is 3.71. The first-order valence-electron chi connectivity index (χ1n) is 6.11. The maximum absolute atomic E-state index is 3.76. The quantitative estimate of drug-likeness (QED) is 0.640. The van der Waals surface area contributed by atoms with Gasteiger partial charge in [-0.05, 0) is 45.4 Å². The molecule has 0 radical (unpaired) electrons. The molecule has 1 fully saturated rings. The zero-order chi connectivity index (χ0) is 10.4. The van der Waals surface area contributed by atoms with Crippen LogP contribution in [-0.2, 0) is 0 Å². The van der Waals surface area contributed by atoms with Crippen LogP contribution < -0.4 is 5.32 Å². The van der Waals surface area contributed by atoms with Gasteiger partial charge in [-0.1, -0.05) is 18.9 Å². The Labute approximate surface area is 89.0 Å². The molecule has 14 heavy (non-hydrogen) atoms. The number of rotatable bonds is 6. The molecule has 0 spiro atoms. The van der Waals surface area contributed by atoms with Crippen LogP contribution in [0.25, 0.3) is 0 Å². The van der Waals surface area contributed by atoms with Crippen LogP contribution in [0.3, 0.4) is 0 Å². The molecule has 0 saturated heterocycles. The van der Waals surface area contributed by atoms with E-state index in [1.165, 1.54) is 32.1 Å². The average molecular weight is 195 g/mol. The Morgan fingerprint density at radius 2 is 2.00 bits per heavy atom. The lowest BCUT2D eigenvalue weighted by Gasteiger charge is -2.24. The van der Waals surface area contributed by atoms with E-state index in [0.29, 0.717) is 12.1 Å². The van der Waals surface area contributed by atoms with Crippen molar-refractivity contribution in [2.24, 2.45) is 5.92 Å². The molecule has 0 aromatic heterocycles. The van der Waals surface area contributed by atoms with E-state index in [-0.39, 0.29) is 0 Å². The van der Waals surface area contributed by atoms with E-state index in [9.17, 15) is 0 Å². The lowest BCUT2D eigenvalue weighted by Crippen LogP contribution is -2.38. The number of hydrogen-bond acceptors (Lipinski definition) is 1. The Balaban J connectivity index is 2.17. The molecule has 0 amide bonds. The Hall–Kier alpha value is -0.300. The van der Waals surface area contributed by atoms with Crippen LogP contribution >= 0.6 is 0 Å². The highest BCUT2D eigenvalue weighted by Gasteiger charge is 2.21. The van der Waals surface area contributed by atoms with Gasteiger partial charge in [-0.25, -0.2) is 0 Å². The summed E-state index contributed by atoms with van der Waals surface area (Å²) in [4.78, 5) is 0. The predicted octanol–water partition coefficient (Wildman–Crippen LogP) is 3.51. The molecular formula is C13H25N. The molecule has 1 heteroatoms. The fourth-order valence-electron chi connectivity index (χ4n) is 2.49. The summed E-state index contributed by atoms with van der Waals surface area (Å²) in [6.07, 6.45) is 10.1. The van der Waals surface area contributed by atoms with Crippen molar-refractivity contribution in [3.63, 3.8) is 0 Å². The zero-order valence-corrected chi connectivity index (χ0v) is 9.76. The first-order valence-corrected chi connectivity index (χ1v) is 6.11. The maximum atomic E-state index is 3.76. The van der Waals surface area contributed by atoms with Crippen LogP contribution in [0.2, 0.25) is 0 Å². The van der Waals surface area contributed by atoms with Crippen molar-refractivity contribution >= 4 is 0 Å². The van der Waals surface area contributed by atoms with Crippen molar-refractivity contribution in [2.75, 3.05) is 0 Å². The van der Waals surface area contributed by atoms with Gasteiger partial charge in [-0.2, -0.15) is 0 Å². The van der Waals surface area contributed by atoms with E-state index in [2.05, 4.69) is 25.7 Å². The lowest BCUT2D eigenvalue weighted by atomic mass is 9.98. The van der Waals surface area contributed by atoms with Gasteiger partial charge in [0, 0.05) is 12.1 Å². The van der Waals surface area contributed by atoms with Crippen molar-refractivity contribution in [2.45, 2.75) is 64.5 Å². The molecule has 1 aliphatic carbocycles. The first-order chi connectivity index (χ1) is 6.74. The molecule has 2 atom stereocenters. The molecule has 1 saturated carbocycles. The highest BCUT2D eigenvalue weighted by atomic mass is 14.9. The van der Waals surface area contributed by atoms with Crippen molar-refractivity contribution < 1.29 is 0 Å². The second-order valence-corrected chi connectivity index (χ2v) is 4.77. The van der Waals surface area contributed by atoms with E-state index in [1.807, 2.05) is 6.08 Å². The second-order valence-electron chi connectivity index (χ2n) is 4.77. The Morgan fingerprint density at radius 3 is 2.57 bits per heavy atom.